The SMILES string of the molecule is CC1CCCC1(C#N)S(C)(=O)=O. The Bertz CT molecular complexity index is 314. The van der Waals surface area contributed by atoms with E-state index in [1.54, 1.807) is 0 Å². The maximum absolute atomic E-state index is 11.4. The van der Waals surface area contributed by atoms with E-state index in [1.807, 2.05) is 13.0 Å². The van der Waals surface area contributed by atoms with Gasteiger partial charge in [0.15, 0.2) is 14.6 Å². The van der Waals surface area contributed by atoms with Gasteiger partial charge in [0.25, 0.3) is 0 Å². The first-order chi connectivity index (χ1) is 5.44. The summed E-state index contributed by atoms with van der Waals surface area (Å²) in [4.78, 5) is 0. The standard InChI is InChI=1S/C8H13NO2S/c1-7-4-3-5-8(7,6-9)12(2,10)11/h7H,3-5H2,1-2H3. The lowest BCUT2D eigenvalue weighted by Gasteiger charge is -2.23. The molecule has 1 aliphatic carbocycles. The van der Waals surface area contributed by atoms with Gasteiger partial charge in [-0.25, -0.2) is 8.42 Å². The molecule has 4 heteroatoms. The zero-order valence-electron chi connectivity index (χ0n) is 7.37. The van der Waals surface area contributed by atoms with Crippen LogP contribution in [0, 0.1) is 17.2 Å². The quantitative estimate of drug-likeness (QED) is 0.618. The van der Waals surface area contributed by atoms with Crippen molar-refractivity contribution in [2.24, 2.45) is 5.92 Å². The average Bonchev–Trinajstić information content (AvgIpc) is 2.30. The van der Waals surface area contributed by atoms with Crippen LogP contribution in [0.1, 0.15) is 26.2 Å². The Labute approximate surface area is 73.3 Å². The van der Waals surface area contributed by atoms with Gasteiger partial charge in [-0.15, -0.1) is 0 Å². The highest BCUT2D eigenvalue weighted by atomic mass is 32.2. The second-order valence-electron chi connectivity index (χ2n) is 3.57. The lowest BCUT2D eigenvalue weighted by Crippen LogP contribution is -2.38. The molecule has 12 heavy (non-hydrogen) atoms. The van der Waals surface area contributed by atoms with Crippen molar-refractivity contribution < 1.29 is 8.42 Å². The predicted molar refractivity (Wildman–Crippen MR) is 46.2 cm³/mol. The second kappa shape index (κ2) is 2.74. The first-order valence-corrected chi connectivity index (χ1v) is 5.94. The van der Waals surface area contributed by atoms with Crippen LogP contribution in [0.15, 0.2) is 0 Å². The molecule has 1 aliphatic rings. The van der Waals surface area contributed by atoms with Gasteiger partial charge in [-0.3, -0.25) is 0 Å². The van der Waals surface area contributed by atoms with E-state index in [0.717, 1.165) is 19.1 Å². The number of hydrogen-bond acceptors (Lipinski definition) is 3. The minimum atomic E-state index is -3.22. The van der Waals surface area contributed by atoms with Crippen LogP contribution in [0.4, 0.5) is 0 Å². The van der Waals surface area contributed by atoms with E-state index >= 15 is 0 Å². The smallest absolute Gasteiger partial charge is 0.166 e. The van der Waals surface area contributed by atoms with E-state index in [0.29, 0.717) is 6.42 Å². The molecule has 0 aliphatic heterocycles. The summed E-state index contributed by atoms with van der Waals surface area (Å²) in [5.74, 6) is -0.0162. The lowest BCUT2D eigenvalue weighted by atomic mass is 9.99. The van der Waals surface area contributed by atoms with Gasteiger partial charge >= 0.3 is 0 Å². The fourth-order valence-electron chi connectivity index (χ4n) is 1.95. The molecule has 2 unspecified atom stereocenters. The molecule has 0 radical (unpaired) electrons. The molecule has 0 bridgehead atoms. The summed E-state index contributed by atoms with van der Waals surface area (Å²) in [5, 5.41) is 8.89. The van der Waals surface area contributed by atoms with E-state index in [9.17, 15) is 8.42 Å². The van der Waals surface area contributed by atoms with Crippen LogP contribution in [-0.2, 0) is 9.84 Å². The van der Waals surface area contributed by atoms with Crippen LogP contribution in [0.25, 0.3) is 0 Å². The third-order valence-corrected chi connectivity index (χ3v) is 4.85. The monoisotopic (exact) mass is 187 g/mol. The molecule has 68 valence electrons. The first-order valence-electron chi connectivity index (χ1n) is 4.05. The molecule has 1 fully saturated rings. The molecule has 0 aromatic heterocycles. The molecule has 0 amide bonds. The summed E-state index contributed by atoms with van der Waals surface area (Å²) in [6, 6.07) is 1.98. The van der Waals surface area contributed by atoms with E-state index in [2.05, 4.69) is 0 Å². The minimum absolute atomic E-state index is 0.0162. The number of sulfone groups is 1. The van der Waals surface area contributed by atoms with Crippen LogP contribution >= 0.6 is 0 Å². The summed E-state index contributed by atoms with van der Waals surface area (Å²) >= 11 is 0. The molecule has 1 saturated carbocycles. The van der Waals surface area contributed by atoms with Crippen molar-refractivity contribution in [3.05, 3.63) is 0 Å². The van der Waals surface area contributed by atoms with Crippen LogP contribution in [0.5, 0.6) is 0 Å². The van der Waals surface area contributed by atoms with Crippen molar-refractivity contribution in [3.8, 4) is 6.07 Å². The Kier molecular flexibility index (Phi) is 2.17. The zero-order chi connectivity index (χ0) is 9.41. The minimum Gasteiger partial charge on any atom is -0.227 e. The third-order valence-electron chi connectivity index (χ3n) is 2.83. The molecule has 1 rings (SSSR count). The highest BCUT2D eigenvalue weighted by Gasteiger charge is 2.49. The van der Waals surface area contributed by atoms with Gasteiger partial charge in [0, 0.05) is 6.26 Å². The first kappa shape index (κ1) is 9.53. The third kappa shape index (κ3) is 1.13. The van der Waals surface area contributed by atoms with E-state index < -0.39 is 14.6 Å². The summed E-state index contributed by atoms with van der Waals surface area (Å²) in [6.45, 7) is 1.84. The van der Waals surface area contributed by atoms with Gasteiger partial charge in [-0.05, 0) is 18.8 Å². The Balaban J connectivity index is 3.17. The van der Waals surface area contributed by atoms with Crippen molar-refractivity contribution in [1.82, 2.24) is 0 Å². The molecule has 0 aromatic rings. The Morgan fingerprint density at radius 2 is 2.17 bits per heavy atom. The summed E-state index contributed by atoms with van der Waals surface area (Å²) in [5.41, 5.74) is 0. The van der Waals surface area contributed by atoms with Crippen LogP contribution in [0.2, 0.25) is 0 Å². The number of rotatable bonds is 1. The Hall–Kier alpha value is -0.560. The largest absolute Gasteiger partial charge is 0.227 e. The lowest BCUT2D eigenvalue weighted by molar-refractivity contribution is 0.498. The van der Waals surface area contributed by atoms with Gasteiger partial charge in [-0.1, -0.05) is 13.3 Å². The van der Waals surface area contributed by atoms with Crippen molar-refractivity contribution in [3.63, 3.8) is 0 Å². The van der Waals surface area contributed by atoms with Crippen LogP contribution < -0.4 is 0 Å². The van der Waals surface area contributed by atoms with Crippen molar-refractivity contribution >= 4 is 9.84 Å². The molecule has 0 spiro atoms. The van der Waals surface area contributed by atoms with Crippen molar-refractivity contribution in [2.75, 3.05) is 6.26 Å². The molecular weight excluding hydrogens is 174 g/mol. The molecule has 0 N–H and O–H groups in total. The van der Waals surface area contributed by atoms with Gasteiger partial charge in [-0.2, -0.15) is 5.26 Å². The second-order valence-corrected chi connectivity index (χ2v) is 5.84. The fraction of sp³-hybridized carbons (Fsp3) is 0.875. The highest BCUT2D eigenvalue weighted by Crippen LogP contribution is 2.40. The Morgan fingerprint density at radius 3 is 2.33 bits per heavy atom. The van der Waals surface area contributed by atoms with Gasteiger partial charge < -0.3 is 0 Å². The summed E-state index contributed by atoms with van der Waals surface area (Å²) < 4.78 is 21.7. The molecule has 2 atom stereocenters. The van der Waals surface area contributed by atoms with E-state index in [4.69, 9.17) is 5.26 Å². The maximum atomic E-state index is 11.4. The molecular formula is C8H13NO2S. The normalized spacial score (nSPS) is 36.2. The molecule has 0 heterocycles. The molecule has 0 saturated heterocycles. The van der Waals surface area contributed by atoms with Crippen molar-refractivity contribution in [2.45, 2.75) is 30.9 Å². The highest BCUT2D eigenvalue weighted by molar-refractivity contribution is 7.92. The topological polar surface area (TPSA) is 57.9 Å². The Morgan fingerprint density at radius 1 is 1.58 bits per heavy atom. The van der Waals surface area contributed by atoms with Gasteiger partial charge in [0.05, 0.1) is 6.07 Å². The summed E-state index contributed by atoms with van der Waals surface area (Å²) in [6.07, 6.45) is 3.37. The van der Waals surface area contributed by atoms with Crippen LogP contribution in [-0.4, -0.2) is 19.4 Å². The van der Waals surface area contributed by atoms with Gasteiger partial charge in [0.1, 0.15) is 0 Å². The molecule has 3 nitrogen and oxygen atoms in total. The molecule has 0 aromatic carbocycles. The predicted octanol–water partition coefficient (Wildman–Crippen LogP) is 1.11. The van der Waals surface area contributed by atoms with Crippen molar-refractivity contribution in [1.29, 1.82) is 5.26 Å². The number of nitrogens with zero attached hydrogens (tertiary/aromatic N) is 1. The van der Waals surface area contributed by atoms with E-state index in [1.165, 1.54) is 0 Å². The zero-order valence-corrected chi connectivity index (χ0v) is 8.19. The average molecular weight is 187 g/mol. The van der Waals surface area contributed by atoms with Gasteiger partial charge in [0.2, 0.25) is 0 Å². The van der Waals surface area contributed by atoms with Crippen LogP contribution in [0.3, 0.4) is 0 Å². The number of nitriles is 1. The maximum Gasteiger partial charge on any atom is 0.166 e. The summed E-state index contributed by atoms with van der Waals surface area (Å²) in [7, 11) is -3.22. The van der Waals surface area contributed by atoms with E-state index in [-0.39, 0.29) is 5.92 Å². The fourth-order valence-corrected chi connectivity index (χ4v) is 3.48. The number of hydrogen-bond donors (Lipinski definition) is 0.